The van der Waals surface area contributed by atoms with Crippen LogP contribution in [0.3, 0.4) is 0 Å². The number of thioether (sulfide) groups is 1. The lowest BCUT2D eigenvalue weighted by atomic mass is 9.70. The van der Waals surface area contributed by atoms with Crippen LogP contribution in [-0.4, -0.2) is 88.1 Å². The van der Waals surface area contributed by atoms with E-state index in [-0.39, 0.29) is 36.1 Å². The maximum Gasteiger partial charge on any atom is 0.251 e. The molecule has 3 aliphatic rings. The van der Waals surface area contributed by atoms with E-state index >= 15 is 0 Å². The highest BCUT2D eigenvalue weighted by Crippen LogP contribution is 2.67. The summed E-state index contributed by atoms with van der Waals surface area (Å²) < 4.78 is 4.56. The highest BCUT2D eigenvalue weighted by Gasteiger charge is 2.74. The first kappa shape index (κ1) is 28.2. The zero-order valence-electron chi connectivity index (χ0n) is 22.5. The van der Waals surface area contributed by atoms with Gasteiger partial charge in [-0.1, -0.05) is 19.1 Å². The van der Waals surface area contributed by atoms with Gasteiger partial charge in [0.25, 0.3) is 5.91 Å². The predicted octanol–water partition coefficient (Wildman–Crippen LogP) is 3.11. The van der Waals surface area contributed by atoms with Gasteiger partial charge in [0, 0.05) is 30.6 Å². The quantitative estimate of drug-likeness (QED) is 0.409. The Morgan fingerprint density at radius 2 is 1.92 bits per heavy atom. The summed E-state index contributed by atoms with van der Waals surface area (Å²) in [4.78, 5) is 47.5. The fraction of sp³-hybridized carbons (Fsp3) is 0.552. The Hall–Kier alpha value is -2.78. The van der Waals surface area contributed by atoms with Gasteiger partial charge in [-0.15, -0.1) is 24.9 Å². The smallest absolute Gasteiger partial charge is 0.251 e. The molecule has 0 aromatic heterocycles. The number of nitrogens with zero attached hydrogens (tertiary/aromatic N) is 3. The average molecular weight is 542 g/mol. The minimum Gasteiger partial charge on any atom is -0.497 e. The van der Waals surface area contributed by atoms with Crippen molar-refractivity contribution in [3.05, 3.63) is 49.6 Å². The van der Waals surface area contributed by atoms with Crippen molar-refractivity contribution < 1.29 is 24.2 Å². The van der Waals surface area contributed by atoms with E-state index in [1.807, 2.05) is 19.1 Å². The van der Waals surface area contributed by atoms with Crippen molar-refractivity contribution in [3.8, 4) is 5.75 Å². The first-order valence-corrected chi connectivity index (χ1v) is 14.2. The first-order valence-electron chi connectivity index (χ1n) is 13.4. The van der Waals surface area contributed by atoms with Gasteiger partial charge in [0.05, 0.1) is 36.3 Å². The Morgan fingerprint density at radius 1 is 1.24 bits per heavy atom. The molecule has 0 radical (unpaired) electrons. The van der Waals surface area contributed by atoms with Crippen molar-refractivity contribution in [2.75, 3.05) is 38.3 Å². The van der Waals surface area contributed by atoms with Gasteiger partial charge in [0.1, 0.15) is 11.8 Å². The number of likely N-dealkylation sites (tertiary alicyclic amines) is 1. The number of carbonyl (C=O) groups excluding carboxylic acids is 3. The molecule has 3 saturated heterocycles. The van der Waals surface area contributed by atoms with Gasteiger partial charge in [-0.05, 0) is 50.5 Å². The molecule has 0 saturated carbocycles. The number of hydrogen-bond donors (Lipinski definition) is 1. The summed E-state index contributed by atoms with van der Waals surface area (Å²) in [7, 11) is 1.58. The molecule has 206 valence electrons. The van der Waals surface area contributed by atoms with E-state index in [1.165, 1.54) is 0 Å². The molecule has 3 heterocycles. The highest BCUT2D eigenvalue weighted by molar-refractivity contribution is 8.02. The summed E-state index contributed by atoms with van der Waals surface area (Å²) in [5, 5.41) is 10.1. The third-order valence-electron chi connectivity index (χ3n) is 8.11. The summed E-state index contributed by atoms with van der Waals surface area (Å²) in [5.74, 6) is -0.884. The summed E-state index contributed by atoms with van der Waals surface area (Å²) in [5.41, 5.74) is 0.671. The Balaban J connectivity index is 1.76. The number of anilines is 1. The number of ether oxygens (including phenoxy) is 1. The molecule has 1 aromatic carbocycles. The number of methoxy groups -OCH3 is 1. The van der Waals surface area contributed by atoms with Gasteiger partial charge in [0.15, 0.2) is 0 Å². The number of benzene rings is 1. The Kier molecular flexibility index (Phi) is 8.57. The Bertz CT molecular complexity index is 1080. The molecule has 6 atom stereocenters. The maximum absolute atomic E-state index is 14.5. The molecule has 8 nitrogen and oxygen atoms in total. The van der Waals surface area contributed by atoms with Crippen LogP contribution in [0.15, 0.2) is 49.6 Å². The third kappa shape index (κ3) is 4.53. The SMILES string of the molecule is C=CCN(CCC)C(=O)[C@@H]1[C@H]2C(=O)N([C@H](C)CO)C(C(=O)N(CC=C)c3ccc(OC)cc3)C23CC[C@H]1S3. The summed E-state index contributed by atoms with van der Waals surface area (Å²) in [6.45, 7) is 12.5. The van der Waals surface area contributed by atoms with Gasteiger partial charge in [-0.25, -0.2) is 0 Å². The van der Waals surface area contributed by atoms with Crippen LogP contribution in [0.25, 0.3) is 0 Å². The zero-order chi connectivity index (χ0) is 27.6. The Morgan fingerprint density at radius 3 is 2.50 bits per heavy atom. The summed E-state index contributed by atoms with van der Waals surface area (Å²) in [6.07, 6.45) is 5.63. The van der Waals surface area contributed by atoms with Gasteiger partial charge in [0.2, 0.25) is 11.8 Å². The maximum atomic E-state index is 14.5. The van der Waals surface area contributed by atoms with Crippen molar-refractivity contribution in [1.82, 2.24) is 9.80 Å². The largest absolute Gasteiger partial charge is 0.497 e. The van der Waals surface area contributed by atoms with Gasteiger partial charge >= 0.3 is 0 Å². The fourth-order valence-electron chi connectivity index (χ4n) is 6.50. The van der Waals surface area contributed by atoms with Crippen molar-refractivity contribution in [3.63, 3.8) is 0 Å². The van der Waals surface area contributed by atoms with E-state index in [0.717, 1.165) is 12.8 Å². The molecular weight excluding hydrogens is 502 g/mol. The summed E-state index contributed by atoms with van der Waals surface area (Å²) in [6, 6.07) is 5.86. The second-order valence-electron chi connectivity index (χ2n) is 10.3. The molecule has 4 rings (SSSR count). The number of hydrogen-bond acceptors (Lipinski definition) is 6. The minimum absolute atomic E-state index is 0.0173. The molecule has 3 amide bonds. The first-order chi connectivity index (χ1) is 18.3. The van der Waals surface area contributed by atoms with Crippen LogP contribution < -0.4 is 9.64 Å². The van der Waals surface area contributed by atoms with Crippen LogP contribution in [0.4, 0.5) is 5.69 Å². The number of aliphatic hydroxyl groups excluding tert-OH is 1. The molecule has 3 aliphatic heterocycles. The molecule has 9 heteroatoms. The van der Waals surface area contributed by atoms with Gasteiger partial charge < -0.3 is 24.5 Å². The van der Waals surface area contributed by atoms with Crippen LogP contribution in [0, 0.1) is 11.8 Å². The molecule has 1 aromatic rings. The Labute approximate surface area is 229 Å². The van der Waals surface area contributed by atoms with Crippen LogP contribution >= 0.6 is 11.8 Å². The zero-order valence-corrected chi connectivity index (χ0v) is 23.4. The van der Waals surface area contributed by atoms with Crippen molar-refractivity contribution >= 4 is 35.2 Å². The van der Waals surface area contributed by atoms with E-state index in [1.54, 1.807) is 64.8 Å². The second kappa shape index (κ2) is 11.5. The molecule has 38 heavy (non-hydrogen) atoms. The van der Waals surface area contributed by atoms with Crippen molar-refractivity contribution in [2.24, 2.45) is 11.8 Å². The fourth-order valence-corrected chi connectivity index (χ4v) is 8.70. The lowest BCUT2D eigenvalue weighted by Crippen LogP contribution is -2.57. The van der Waals surface area contributed by atoms with E-state index in [9.17, 15) is 19.5 Å². The summed E-state index contributed by atoms with van der Waals surface area (Å²) >= 11 is 1.64. The molecule has 2 unspecified atom stereocenters. The van der Waals surface area contributed by atoms with Crippen molar-refractivity contribution in [2.45, 2.75) is 55.2 Å². The average Bonchev–Trinajstić information content (AvgIpc) is 3.58. The molecular formula is C29H39N3O5S. The van der Waals surface area contributed by atoms with E-state index < -0.39 is 28.7 Å². The topological polar surface area (TPSA) is 90.4 Å². The lowest BCUT2D eigenvalue weighted by Gasteiger charge is -2.39. The lowest BCUT2D eigenvalue weighted by molar-refractivity contribution is -0.145. The normalized spacial score (nSPS) is 28.1. The number of rotatable bonds is 12. The number of fused-ring (bicyclic) bond motifs is 1. The molecule has 3 fully saturated rings. The minimum atomic E-state index is -0.795. The molecule has 2 bridgehead atoms. The van der Waals surface area contributed by atoms with Gasteiger partial charge in [-0.3, -0.25) is 14.4 Å². The second-order valence-corrected chi connectivity index (χ2v) is 11.9. The van der Waals surface area contributed by atoms with Crippen LogP contribution in [0.1, 0.15) is 33.1 Å². The molecule has 1 spiro atoms. The highest BCUT2D eigenvalue weighted by atomic mass is 32.2. The van der Waals surface area contributed by atoms with Crippen LogP contribution in [0.5, 0.6) is 5.75 Å². The van der Waals surface area contributed by atoms with Crippen molar-refractivity contribution in [1.29, 1.82) is 0 Å². The van der Waals surface area contributed by atoms with E-state index in [0.29, 0.717) is 30.9 Å². The van der Waals surface area contributed by atoms with Crippen LogP contribution in [-0.2, 0) is 14.4 Å². The van der Waals surface area contributed by atoms with Crippen LogP contribution in [0.2, 0.25) is 0 Å². The third-order valence-corrected chi connectivity index (χ3v) is 10.1. The van der Waals surface area contributed by atoms with E-state index in [2.05, 4.69) is 13.2 Å². The molecule has 1 N–H and O–H groups in total. The monoisotopic (exact) mass is 541 g/mol. The standard InChI is InChI=1S/C29H39N3O5S/c1-6-15-30(16-7-2)26(34)23-22-13-14-29(38-22)24(23)27(35)32(19(4)18-33)25(29)28(36)31(17-8-3)20-9-11-21(37-5)12-10-20/h6,8-12,19,22-25,33H,1,3,7,13-18H2,2,4-5H3/t19-,22-,23+,24+,25?,29?/m1/s1. The van der Waals surface area contributed by atoms with E-state index in [4.69, 9.17) is 4.74 Å². The molecule has 0 aliphatic carbocycles. The number of carbonyl (C=O) groups is 3. The van der Waals surface area contributed by atoms with Gasteiger partial charge in [-0.2, -0.15) is 0 Å². The number of aliphatic hydroxyl groups is 1. The predicted molar refractivity (Wildman–Crippen MR) is 150 cm³/mol. The number of amides is 3.